The SMILES string of the molecule is COc1c(Nc2ncc3ccc(-c4ccccc4N(C)S(C)(=O)=O)n3n2)cccc1C1CCN(C)CC1. The highest BCUT2D eigenvalue weighted by Gasteiger charge is 2.23. The minimum Gasteiger partial charge on any atom is -0.494 e. The van der Waals surface area contributed by atoms with Crippen LogP contribution < -0.4 is 14.4 Å². The smallest absolute Gasteiger partial charge is 0.245 e. The maximum absolute atomic E-state index is 12.3. The van der Waals surface area contributed by atoms with Crippen LogP contribution in [0.5, 0.6) is 5.75 Å². The monoisotopic (exact) mass is 520 g/mol. The lowest BCUT2D eigenvalue weighted by Gasteiger charge is -2.30. The maximum atomic E-state index is 12.3. The van der Waals surface area contributed by atoms with Crippen molar-refractivity contribution in [1.29, 1.82) is 0 Å². The van der Waals surface area contributed by atoms with Crippen LogP contribution in [-0.2, 0) is 10.0 Å². The van der Waals surface area contributed by atoms with Crippen molar-refractivity contribution in [3.05, 3.63) is 66.4 Å². The molecule has 0 bridgehead atoms. The topological polar surface area (TPSA) is 92.1 Å². The Morgan fingerprint density at radius 1 is 1.05 bits per heavy atom. The number of nitrogens with one attached hydrogen (secondary N) is 1. The summed E-state index contributed by atoms with van der Waals surface area (Å²) in [6.45, 7) is 2.13. The van der Waals surface area contributed by atoms with Crippen molar-refractivity contribution in [2.75, 3.05) is 50.2 Å². The molecule has 4 aromatic rings. The fraction of sp³-hybridized carbons (Fsp3) is 0.333. The van der Waals surface area contributed by atoms with Crippen LogP contribution >= 0.6 is 0 Å². The number of ether oxygens (including phenoxy) is 1. The Hall–Kier alpha value is -3.63. The molecule has 1 fully saturated rings. The van der Waals surface area contributed by atoms with Crippen LogP contribution in [0.2, 0.25) is 0 Å². The zero-order chi connectivity index (χ0) is 26.2. The van der Waals surface area contributed by atoms with Crippen molar-refractivity contribution in [3.63, 3.8) is 0 Å². The van der Waals surface area contributed by atoms with Crippen LogP contribution in [0, 0.1) is 0 Å². The molecule has 3 heterocycles. The lowest BCUT2D eigenvalue weighted by molar-refractivity contribution is 0.252. The van der Waals surface area contributed by atoms with Crippen molar-refractivity contribution >= 4 is 32.9 Å². The number of sulfonamides is 1. The summed E-state index contributed by atoms with van der Waals surface area (Å²) >= 11 is 0. The van der Waals surface area contributed by atoms with Crippen LogP contribution in [0.15, 0.2) is 60.8 Å². The van der Waals surface area contributed by atoms with Gasteiger partial charge >= 0.3 is 0 Å². The first-order valence-electron chi connectivity index (χ1n) is 12.3. The molecule has 0 amide bonds. The van der Waals surface area contributed by atoms with Crippen LogP contribution in [0.3, 0.4) is 0 Å². The summed E-state index contributed by atoms with van der Waals surface area (Å²) in [6.07, 6.45) is 5.12. The molecule has 1 aliphatic heterocycles. The van der Waals surface area contributed by atoms with Crippen LogP contribution in [0.4, 0.5) is 17.3 Å². The summed E-state index contributed by atoms with van der Waals surface area (Å²) < 4.78 is 33.4. The van der Waals surface area contributed by atoms with Gasteiger partial charge in [0.15, 0.2) is 0 Å². The maximum Gasteiger partial charge on any atom is 0.245 e. The van der Waals surface area contributed by atoms with Crippen LogP contribution in [0.25, 0.3) is 16.8 Å². The molecule has 37 heavy (non-hydrogen) atoms. The minimum atomic E-state index is -3.43. The van der Waals surface area contributed by atoms with Gasteiger partial charge in [0.1, 0.15) is 5.75 Å². The first kappa shape index (κ1) is 25.0. The minimum absolute atomic E-state index is 0.415. The number of aromatic nitrogens is 3. The van der Waals surface area contributed by atoms with Gasteiger partial charge < -0.3 is 15.0 Å². The highest BCUT2D eigenvalue weighted by Crippen LogP contribution is 2.39. The Bertz CT molecular complexity index is 1530. The summed E-state index contributed by atoms with van der Waals surface area (Å²) in [7, 11) is 1.97. The van der Waals surface area contributed by atoms with Gasteiger partial charge in [-0.1, -0.05) is 30.3 Å². The van der Waals surface area contributed by atoms with E-state index in [1.807, 2.05) is 42.5 Å². The van der Waals surface area contributed by atoms with E-state index in [0.717, 1.165) is 54.1 Å². The zero-order valence-corrected chi connectivity index (χ0v) is 22.4. The highest BCUT2D eigenvalue weighted by molar-refractivity contribution is 7.92. The van der Waals surface area contributed by atoms with Gasteiger partial charge in [0, 0.05) is 12.6 Å². The van der Waals surface area contributed by atoms with Gasteiger partial charge in [-0.25, -0.2) is 17.9 Å². The molecule has 0 unspecified atom stereocenters. The molecule has 10 heteroatoms. The van der Waals surface area contributed by atoms with Crippen molar-refractivity contribution < 1.29 is 13.2 Å². The van der Waals surface area contributed by atoms with Gasteiger partial charge in [0.2, 0.25) is 16.0 Å². The van der Waals surface area contributed by atoms with E-state index in [0.29, 0.717) is 17.6 Å². The van der Waals surface area contributed by atoms with E-state index in [-0.39, 0.29) is 0 Å². The van der Waals surface area contributed by atoms with Crippen LogP contribution in [0.1, 0.15) is 24.3 Å². The first-order chi connectivity index (χ1) is 17.8. The molecule has 0 atom stereocenters. The van der Waals surface area contributed by atoms with Gasteiger partial charge in [0.25, 0.3) is 0 Å². The van der Waals surface area contributed by atoms with E-state index in [1.54, 1.807) is 30.9 Å². The quantitative estimate of drug-likeness (QED) is 0.387. The van der Waals surface area contributed by atoms with Gasteiger partial charge in [-0.15, -0.1) is 5.10 Å². The number of hydrogen-bond donors (Lipinski definition) is 1. The third kappa shape index (κ3) is 4.99. The molecule has 0 spiro atoms. The van der Waals surface area contributed by atoms with Gasteiger partial charge in [-0.2, -0.15) is 0 Å². The second-order valence-corrected chi connectivity index (χ2v) is 11.5. The Balaban J connectivity index is 1.51. The highest BCUT2D eigenvalue weighted by atomic mass is 32.2. The number of nitrogens with zero attached hydrogens (tertiary/aromatic N) is 5. The molecule has 2 aromatic carbocycles. The Kier molecular flexibility index (Phi) is 6.78. The summed E-state index contributed by atoms with van der Waals surface area (Å²) in [4.78, 5) is 6.88. The molecule has 1 aliphatic rings. The van der Waals surface area contributed by atoms with Gasteiger partial charge in [-0.05, 0) is 68.7 Å². The Labute approximate surface area is 217 Å². The number of para-hydroxylation sites is 2. The first-order valence-corrected chi connectivity index (χ1v) is 14.1. The third-order valence-corrected chi connectivity index (χ3v) is 8.26. The molecular weight excluding hydrogens is 488 g/mol. The molecule has 1 N–H and O–H groups in total. The van der Waals surface area contributed by atoms with E-state index in [4.69, 9.17) is 9.84 Å². The number of hydrogen-bond acceptors (Lipinski definition) is 7. The van der Waals surface area contributed by atoms with Crippen molar-refractivity contribution in [3.8, 4) is 17.0 Å². The number of rotatable bonds is 7. The Morgan fingerprint density at radius 2 is 1.81 bits per heavy atom. The molecule has 5 rings (SSSR count). The molecule has 1 saturated heterocycles. The molecule has 9 nitrogen and oxygen atoms in total. The fourth-order valence-electron chi connectivity index (χ4n) is 4.95. The average Bonchev–Trinajstić information content (AvgIpc) is 3.31. The summed E-state index contributed by atoms with van der Waals surface area (Å²) in [6, 6.07) is 17.4. The molecule has 2 aromatic heterocycles. The predicted molar refractivity (Wildman–Crippen MR) is 147 cm³/mol. The number of fused-ring (bicyclic) bond motifs is 1. The number of methoxy groups -OCH3 is 1. The fourth-order valence-corrected chi connectivity index (χ4v) is 5.47. The van der Waals surface area contributed by atoms with E-state index >= 15 is 0 Å². The molecule has 0 aliphatic carbocycles. The Morgan fingerprint density at radius 3 is 2.54 bits per heavy atom. The summed E-state index contributed by atoms with van der Waals surface area (Å²) in [5.41, 5.74) is 4.89. The molecular formula is C27H32N6O3S. The standard InChI is InChI=1S/C27H32N6O3S/c1-31-16-14-19(15-17-31)21-9-7-10-23(26(21)36-3)29-27-28-18-20-12-13-25(33(20)30-27)22-8-5-6-11-24(22)32(2)37(4,34)35/h5-13,18-19H,14-17H2,1-4H3,(H,29,30). The van der Waals surface area contributed by atoms with E-state index in [1.165, 1.54) is 16.1 Å². The van der Waals surface area contributed by atoms with Crippen molar-refractivity contribution in [2.24, 2.45) is 0 Å². The average molecular weight is 521 g/mol. The second-order valence-electron chi connectivity index (χ2n) is 9.52. The van der Waals surface area contributed by atoms with Gasteiger partial charge in [0.05, 0.1) is 42.1 Å². The number of anilines is 3. The predicted octanol–water partition coefficient (Wildman–Crippen LogP) is 4.35. The number of benzene rings is 2. The van der Waals surface area contributed by atoms with Crippen molar-refractivity contribution in [2.45, 2.75) is 18.8 Å². The van der Waals surface area contributed by atoms with E-state index < -0.39 is 10.0 Å². The largest absolute Gasteiger partial charge is 0.494 e. The van der Waals surface area contributed by atoms with Crippen LogP contribution in [-0.4, -0.2) is 68.5 Å². The van der Waals surface area contributed by atoms with Gasteiger partial charge in [-0.3, -0.25) is 4.31 Å². The number of likely N-dealkylation sites (tertiary alicyclic amines) is 1. The summed E-state index contributed by atoms with van der Waals surface area (Å²) in [5.74, 6) is 1.67. The lowest BCUT2D eigenvalue weighted by atomic mass is 9.88. The molecule has 0 saturated carbocycles. The lowest BCUT2D eigenvalue weighted by Crippen LogP contribution is -2.29. The molecule has 194 valence electrons. The molecule has 0 radical (unpaired) electrons. The third-order valence-electron chi connectivity index (χ3n) is 7.07. The van der Waals surface area contributed by atoms with Crippen molar-refractivity contribution in [1.82, 2.24) is 19.5 Å². The van der Waals surface area contributed by atoms with E-state index in [2.05, 4.69) is 28.3 Å². The second kappa shape index (κ2) is 10.0. The normalized spacial score (nSPS) is 15.1. The van der Waals surface area contributed by atoms with E-state index in [9.17, 15) is 8.42 Å². The summed E-state index contributed by atoms with van der Waals surface area (Å²) in [5, 5.41) is 8.11. The zero-order valence-electron chi connectivity index (χ0n) is 21.5. The number of piperidine rings is 1.